The fourth-order valence-corrected chi connectivity index (χ4v) is 1.51. The second-order valence-corrected chi connectivity index (χ2v) is 4.65. The Labute approximate surface area is 109 Å². The van der Waals surface area contributed by atoms with E-state index in [-0.39, 0.29) is 11.9 Å². The third-order valence-electron chi connectivity index (χ3n) is 2.67. The largest absolute Gasteiger partial charge is 0.373 e. The molecule has 1 rings (SSSR count). The first-order chi connectivity index (χ1) is 8.52. The Morgan fingerprint density at radius 2 is 2.17 bits per heavy atom. The van der Waals surface area contributed by atoms with Crippen molar-refractivity contribution in [1.82, 2.24) is 15.2 Å². The molecule has 0 bridgehead atoms. The molecule has 0 radical (unpaired) electrons. The van der Waals surface area contributed by atoms with Gasteiger partial charge in [0.15, 0.2) is 0 Å². The zero-order valence-electron chi connectivity index (χ0n) is 11.5. The highest BCUT2D eigenvalue weighted by molar-refractivity contribution is 5.94. The minimum Gasteiger partial charge on any atom is -0.373 e. The Kier molecular flexibility index (Phi) is 5.58. The van der Waals surface area contributed by atoms with E-state index < -0.39 is 0 Å². The van der Waals surface area contributed by atoms with Crippen molar-refractivity contribution in [3.8, 4) is 0 Å². The van der Waals surface area contributed by atoms with Crippen LogP contribution in [0.3, 0.4) is 0 Å². The van der Waals surface area contributed by atoms with E-state index in [0.717, 1.165) is 18.8 Å². The lowest BCUT2D eigenvalue weighted by Crippen LogP contribution is -2.34. The molecule has 5 heteroatoms. The number of hydrogen-bond donors (Lipinski definition) is 2. The molecule has 1 aromatic rings. The summed E-state index contributed by atoms with van der Waals surface area (Å²) < 4.78 is 0. The molecule has 0 spiro atoms. The van der Waals surface area contributed by atoms with Gasteiger partial charge in [-0.15, -0.1) is 0 Å². The van der Waals surface area contributed by atoms with Gasteiger partial charge in [-0.05, 0) is 46.1 Å². The number of nitrogens with one attached hydrogen (secondary N) is 2. The van der Waals surface area contributed by atoms with Crippen LogP contribution < -0.4 is 10.6 Å². The van der Waals surface area contributed by atoms with E-state index in [1.54, 1.807) is 25.4 Å². The Hall–Kier alpha value is -1.62. The van der Waals surface area contributed by atoms with E-state index in [9.17, 15) is 4.79 Å². The Balaban J connectivity index is 2.48. The number of aromatic nitrogens is 1. The highest BCUT2D eigenvalue weighted by atomic mass is 16.1. The predicted molar refractivity (Wildman–Crippen MR) is 73.9 cm³/mol. The molecule has 0 aliphatic carbocycles. The lowest BCUT2D eigenvalue weighted by Gasteiger charge is -2.16. The van der Waals surface area contributed by atoms with Gasteiger partial charge in [0.05, 0.1) is 5.56 Å². The van der Waals surface area contributed by atoms with Gasteiger partial charge in [0.2, 0.25) is 0 Å². The van der Waals surface area contributed by atoms with E-state index in [0.29, 0.717) is 5.56 Å². The number of rotatable bonds is 6. The first-order valence-electron chi connectivity index (χ1n) is 6.12. The molecule has 0 saturated carbocycles. The quantitative estimate of drug-likeness (QED) is 0.796. The lowest BCUT2D eigenvalue weighted by molar-refractivity contribution is 0.0936. The van der Waals surface area contributed by atoms with Crippen LogP contribution in [0, 0.1) is 0 Å². The predicted octanol–water partition coefficient (Wildman–Crippen LogP) is 1.19. The van der Waals surface area contributed by atoms with Crippen LogP contribution in [0.4, 0.5) is 5.82 Å². The topological polar surface area (TPSA) is 57.3 Å². The second-order valence-electron chi connectivity index (χ2n) is 4.65. The van der Waals surface area contributed by atoms with E-state index in [1.165, 1.54) is 0 Å². The summed E-state index contributed by atoms with van der Waals surface area (Å²) >= 11 is 0. The summed E-state index contributed by atoms with van der Waals surface area (Å²) in [5, 5.41) is 5.88. The van der Waals surface area contributed by atoms with E-state index in [2.05, 4.69) is 20.5 Å². The number of carbonyl (C=O) groups excluding carboxylic acids is 1. The SMILES string of the molecule is CNc1ccc(C(=O)NC(C)CCN(C)C)cn1. The number of amides is 1. The van der Waals surface area contributed by atoms with Gasteiger partial charge in [-0.25, -0.2) is 4.98 Å². The van der Waals surface area contributed by atoms with Crippen LogP contribution in [0.5, 0.6) is 0 Å². The molecular formula is C13H22N4O. The summed E-state index contributed by atoms with van der Waals surface area (Å²) in [4.78, 5) is 18.1. The van der Waals surface area contributed by atoms with Crippen LogP contribution in [-0.4, -0.2) is 49.5 Å². The van der Waals surface area contributed by atoms with Gasteiger partial charge in [-0.2, -0.15) is 0 Å². The molecule has 1 amide bonds. The van der Waals surface area contributed by atoms with Crippen LogP contribution in [0.1, 0.15) is 23.7 Å². The van der Waals surface area contributed by atoms with E-state index >= 15 is 0 Å². The first-order valence-corrected chi connectivity index (χ1v) is 6.12. The van der Waals surface area contributed by atoms with Crippen molar-refractivity contribution in [3.63, 3.8) is 0 Å². The maximum absolute atomic E-state index is 11.9. The zero-order valence-corrected chi connectivity index (χ0v) is 11.5. The molecule has 100 valence electrons. The summed E-state index contributed by atoms with van der Waals surface area (Å²) in [6, 6.07) is 3.72. The molecule has 0 aliphatic rings. The van der Waals surface area contributed by atoms with Crippen LogP contribution in [0.25, 0.3) is 0 Å². The molecular weight excluding hydrogens is 228 g/mol. The van der Waals surface area contributed by atoms with Gasteiger partial charge in [0.1, 0.15) is 5.82 Å². The molecule has 1 unspecified atom stereocenters. The van der Waals surface area contributed by atoms with Crippen LogP contribution in [-0.2, 0) is 0 Å². The maximum Gasteiger partial charge on any atom is 0.253 e. The number of carbonyl (C=O) groups is 1. The second kappa shape index (κ2) is 6.96. The molecule has 18 heavy (non-hydrogen) atoms. The molecule has 0 aliphatic heterocycles. The highest BCUT2D eigenvalue weighted by Gasteiger charge is 2.10. The summed E-state index contributed by atoms with van der Waals surface area (Å²) in [6.45, 7) is 2.97. The average molecular weight is 250 g/mol. The Bertz CT molecular complexity index is 375. The minimum absolute atomic E-state index is 0.0728. The fourth-order valence-electron chi connectivity index (χ4n) is 1.51. The third kappa shape index (κ3) is 4.71. The van der Waals surface area contributed by atoms with Crippen LogP contribution >= 0.6 is 0 Å². The van der Waals surface area contributed by atoms with Gasteiger partial charge in [0.25, 0.3) is 5.91 Å². The molecule has 1 atom stereocenters. The van der Waals surface area contributed by atoms with Gasteiger partial charge in [0, 0.05) is 19.3 Å². The molecule has 1 aromatic heterocycles. The molecule has 5 nitrogen and oxygen atoms in total. The normalized spacial score (nSPS) is 12.3. The molecule has 1 heterocycles. The minimum atomic E-state index is -0.0728. The van der Waals surface area contributed by atoms with Crippen LogP contribution in [0.15, 0.2) is 18.3 Å². The third-order valence-corrected chi connectivity index (χ3v) is 2.67. The molecule has 0 fully saturated rings. The zero-order chi connectivity index (χ0) is 13.5. The summed E-state index contributed by atoms with van der Waals surface area (Å²) in [5.41, 5.74) is 0.589. The Morgan fingerprint density at radius 1 is 1.44 bits per heavy atom. The fraction of sp³-hybridized carbons (Fsp3) is 0.538. The van der Waals surface area contributed by atoms with Gasteiger partial charge < -0.3 is 15.5 Å². The van der Waals surface area contributed by atoms with Crippen molar-refractivity contribution < 1.29 is 4.79 Å². The Morgan fingerprint density at radius 3 is 2.67 bits per heavy atom. The van der Waals surface area contributed by atoms with Crippen molar-refractivity contribution in [2.75, 3.05) is 33.0 Å². The van der Waals surface area contributed by atoms with Gasteiger partial charge in [-0.3, -0.25) is 4.79 Å². The summed E-state index contributed by atoms with van der Waals surface area (Å²) in [7, 11) is 5.84. The van der Waals surface area contributed by atoms with Gasteiger partial charge in [-0.1, -0.05) is 0 Å². The van der Waals surface area contributed by atoms with Crippen molar-refractivity contribution in [2.24, 2.45) is 0 Å². The van der Waals surface area contributed by atoms with E-state index in [1.807, 2.05) is 21.0 Å². The molecule has 2 N–H and O–H groups in total. The summed E-state index contributed by atoms with van der Waals surface area (Å²) in [5.74, 6) is 0.684. The van der Waals surface area contributed by atoms with Crippen molar-refractivity contribution in [2.45, 2.75) is 19.4 Å². The first kappa shape index (κ1) is 14.4. The van der Waals surface area contributed by atoms with Gasteiger partial charge >= 0.3 is 0 Å². The summed E-state index contributed by atoms with van der Waals surface area (Å²) in [6.07, 6.45) is 2.51. The van der Waals surface area contributed by atoms with E-state index in [4.69, 9.17) is 0 Å². The molecule has 0 aromatic carbocycles. The molecule has 0 saturated heterocycles. The maximum atomic E-state index is 11.9. The number of hydrogen-bond acceptors (Lipinski definition) is 4. The highest BCUT2D eigenvalue weighted by Crippen LogP contribution is 2.04. The van der Waals surface area contributed by atoms with Crippen molar-refractivity contribution in [3.05, 3.63) is 23.9 Å². The number of anilines is 1. The smallest absolute Gasteiger partial charge is 0.253 e. The number of pyridine rings is 1. The monoisotopic (exact) mass is 250 g/mol. The van der Waals surface area contributed by atoms with Crippen molar-refractivity contribution in [1.29, 1.82) is 0 Å². The van der Waals surface area contributed by atoms with Crippen LogP contribution in [0.2, 0.25) is 0 Å². The van der Waals surface area contributed by atoms with Crippen molar-refractivity contribution >= 4 is 11.7 Å². The number of nitrogens with zero attached hydrogens (tertiary/aromatic N) is 2. The lowest BCUT2D eigenvalue weighted by atomic mass is 10.2. The standard InChI is InChI=1S/C13H22N4O/c1-10(7-8-17(3)4)16-13(18)11-5-6-12(14-2)15-9-11/h5-6,9-10H,7-8H2,1-4H3,(H,14,15)(H,16,18). The average Bonchev–Trinajstić information content (AvgIpc) is 2.36.